The quantitative estimate of drug-likeness (QED) is 0.555. The van der Waals surface area contributed by atoms with Gasteiger partial charge in [-0.25, -0.2) is 18.9 Å². The second-order valence-corrected chi connectivity index (χ2v) is 5.24. The topological polar surface area (TPSA) is 90.4 Å². The molecule has 124 valence electrons. The maximum Gasteiger partial charge on any atom is 0.227 e. The molecule has 0 atom stereocenters. The number of pyridine rings is 1. The smallest absolute Gasteiger partial charge is 0.227 e. The number of halogens is 1. The summed E-state index contributed by atoms with van der Waals surface area (Å²) >= 11 is 0. The van der Waals surface area contributed by atoms with E-state index in [9.17, 15) is 4.39 Å². The molecule has 25 heavy (non-hydrogen) atoms. The lowest BCUT2D eigenvalue weighted by atomic mass is 10.3. The number of nitrogens with two attached hydrogens (primary N) is 1. The number of rotatable bonds is 4. The Kier molecular flexibility index (Phi) is 3.62. The Labute approximate surface area is 141 Å². The van der Waals surface area contributed by atoms with E-state index in [1.165, 1.54) is 12.1 Å². The fourth-order valence-electron chi connectivity index (χ4n) is 2.36. The first kappa shape index (κ1) is 14.9. The summed E-state index contributed by atoms with van der Waals surface area (Å²) in [5.74, 6) is 0.397. The zero-order chi connectivity index (χ0) is 17.2. The van der Waals surface area contributed by atoms with Crippen LogP contribution in [0.5, 0.6) is 11.5 Å². The Balaban J connectivity index is 1.73. The lowest BCUT2D eigenvalue weighted by Crippen LogP contribution is -2.00. The van der Waals surface area contributed by atoms with Crippen LogP contribution in [0.2, 0.25) is 0 Å². The summed E-state index contributed by atoms with van der Waals surface area (Å²) in [7, 11) is 0. The van der Waals surface area contributed by atoms with Gasteiger partial charge in [0.1, 0.15) is 5.52 Å². The molecule has 0 bridgehead atoms. The molecule has 0 saturated carbocycles. The highest BCUT2D eigenvalue weighted by molar-refractivity contribution is 5.67. The zero-order valence-corrected chi connectivity index (χ0v) is 12.9. The van der Waals surface area contributed by atoms with Crippen LogP contribution in [0.3, 0.4) is 0 Å². The fourth-order valence-corrected chi connectivity index (χ4v) is 2.36. The molecule has 0 saturated heterocycles. The summed E-state index contributed by atoms with van der Waals surface area (Å²) in [6, 6.07) is 9.49. The van der Waals surface area contributed by atoms with Crippen LogP contribution in [-0.2, 0) is 0 Å². The van der Waals surface area contributed by atoms with Crippen molar-refractivity contribution in [2.75, 3.05) is 11.1 Å². The van der Waals surface area contributed by atoms with Crippen molar-refractivity contribution in [3.63, 3.8) is 0 Å². The van der Waals surface area contributed by atoms with Gasteiger partial charge >= 0.3 is 0 Å². The molecule has 4 rings (SSSR count). The van der Waals surface area contributed by atoms with Gasteiger partial charge in [0.2, 0.25) is 5.95 Å². The number of hydrogen-bond acceptors (Lipinski definition) is 6. The van der Waals surface area contributed by atoms with Crippen molar-refractivity contribution in [2.24, 2.45) is 0 Å². The van der Waals surface area contributed by atoms with Gasteiger partial charge in [0.15, 0.2) is 17.3 Å². The van der Waals surface area contributed by atoms with E-state index in [-0.39, 0.29) is 5.75 Å². The maximum atomic E-state index is 14.0. The van der Waals surface area contributed by atoms with E-state index >= 15 is 0 Å². The van der Waals surface area contributed by atoms with Crippen molar-refractivity contribution in [2.45, 2.75) is 0 Å². The number of benzene rings is 1. The molecule has 3 heterocycles. The molecular weight excluding hydrogens is 323 g/mol. The van der Waals surface area contributed by atoms with Crippen LogP contribution >= 0.6 is 0 Å². The summed E-state index contributed by atoms with van der Waals surface area (Å²) in [6.45, 7) is 0. The molecule has 0 fully saturated rings. The van der Waals surface area contributed by atoms with Gasteiger partial charge in [-0.15, -0.1) is 0 Å². The molecule has 0 radical (unpaired) electrons. The lowest BCUT2D eigenvalue weighted by molar-refractivity contribution is 0.445. The van der Waals surface area contributed by atoms with Gasteiger partial charge in [0, 0.05) is 30.2 Å². The van der Waals surface area contributed by atoms with Crippen molar-refractivity contribution in [3.8, 4) is 11.5 Å². The van der Waals surface area contributed by atoms with E-state index in [1.54, 1.807) is 53.6 Å². The van der Waals surface area contributed by atoms with Crippen molar-refractivity contribution >= 4 is 22.8 Å². The van der Waals surface area contributed by atoms with E-state index in [0.29, 0.717) is 28.6 Å². The molecule has 8 heteroatoms. The number of fused-ring (bicyclic) bond motifs is 1. The van der Waals surface area contributed by atoms with E-state index in [1.807, 2.05) is 0 Å². The first-order chi connectivity index (χ1) is 12.2. The van der Waals surface area contributed by atoms with Gasteiger partial charge in [0.25, 0.3) is 0 Å². The molecule has 0 spiro atoms. The van der Waals surface area contributed by atoms with Crippen molar-refractivity contribution in [1.82, 2.24) is 19.6 Å². The number of nitrogen functional groups attached to an aromatic ring is 1. The zero-order valence-electron chi connectivity index (χ0n) is 12.9. The summed E-state index contributed by atoms with van der Waals surface area (Å²) < 4.78 is 21.4. The second kappa shape index (κ2) is 6.08. The number of nitrogens with zero attached hydrogens (tertiary/aromatic N) is 4. The maximum absolute atomic E-state index is 14.0. The third kappa shape index (κ3) is 3.05. The number of anilines is 3. The molecule has 3 N–H and O–H groups in total. The Morgan fingerprint density at radius 2 is 1.88 bits per heavy atom. The first-order valence-corrected chi connectivity index (χ1v) is 7.43. The first-order valence-electron chi connectivity index (χ1n) is 7.43. The van der Waals surface area contributed by atoms with Crippen LogP contribution in [0.4, 0.5) is 21.7 Å². The summed E-state index contributed by atoms with van der Waals surface area (Å²) in [4.78, 5) is 8.23. The van der Waals surface area contributed by atoms with Crippen LogP contribution in [0.1, 0.15) is 0 Å². The highest BCUT2D eigenvalue weighted by Gasteiger charge is 2.11. The summed E-state index contributed by atoms with van der Waals surface area (Å²) in [6.07, 6.45) is 6.65. The molecule has 0 amide bonds. The minimum atomic E-state index is -0.539. The van der Waals surface area contributed by atoms with Gasteiger partial charge in [-0.3, -0.25) is 0 Å². The van der Waals surface area contributed by atoms with Gasteiger partial charge in [-0.1, -0.05) is 0 Å². The normalized spacial score (nSPS) is 10.8. The number of ether oxygens (including phenoxy) is 1. The number of hydrogen-bond donors (Lipinski definition) is 2. The van der Waals surface area contributed by atoms with E-state index in [4.69, 9.17) is 10.5 Å². The predicted octanol–water partition coefficient (Wildman–Crippen LogP) is 3.38. The van der Waals surface area contributed by atoms with Crippen LogP contribution < -0.4 is 15.8 Å². The third-order valence-corrected chi connectivity index (χ3v) is 3.47. The van der Waals surface area contributed by atoms with Crippen LogP contribution in [-0.4, -0.2) is 19.6 Å². The summed E-state index contributed by atoms with van der Waals surface area (Å²) in [5, 5.41) is 7.26. The largest absolute Gasteiger partial charge is 0.452 e. The molecule has 0 aliphatic carbocycles. The SMILES string of the molecule is Nc1ccc(Oc2cc(Nc3ncccn3)cn3nccc23)c(F)c1. The van der Waals surface area contributed by atoms with Gasteiger partial charge < -0.3 is 15.8 Å². The van der Waals surface area contributed by atoms with Crippen LogP contribution in [0.15, 0.2) is 61.2 Å². The van der Waals surface area contributed by atoms with E-state index in [2.05, 4.69) is 20.4 Å². The Bertz CT molecular complexity index is 1030. The van der Waals surface area contributed by atoms with E-state index < -0.39 is 5.82 Å². The van der Waals surface area contributed by atoms with Crippen molar-refractivity contribution < 1.29 is 9.13 Å². The molecule has 0 aliphatic rings. The van der Waals surface area contributed by atoms with E-state index in [0.717, 1.165) is 0 Å². The highest BCUT2D eigenvalue weighted by Crippen LogP contribution is 2.31. The molecule has 1 aromatic carbocycles. The molecule has 4 aromatic rings. The molecule has 3 aromatic heterocycles. The highest BCUT2D eigenvalue weighted by atomic mass is 19.1. The molecule has 0 unspecified atom stereocenters. The van der Waals surface area contributed by atoms with Crippen molar-refractivity contribution in [1.29, 1.82) is 0 Å². The monoisotopic (exact) mass is 336 g/mol. The van der Waals surface area contributed by atoms with Gasteiger partial charge in [0.05, 0.1) is 18.1 Å². The average molecular weight is 336 g/mol. The van der Waals surface area contributed by atoms with Gasteiger partial charge in [-0.2, -0.15) is 5.10 Å². The number of nitrogens with one attached hydrogen (secondary N) is 1. The molecular formula is C17H13FN6O. The second-order valence-electron chi connectivity index (χ2n) is 5.24. The summed E-state index contributed by atoms with van der Waals surface area (Å²) in [5.41, 5.74) is 7.24. The van der Waals surface area contributed by atoms with Crippen LogP contribution in [0.25, 0.3) is 5.52 Å². The fraction of sp³-hybridized carbons (Fsp3) is 0. The third-order valence-electron chi connectivity index (χ3n) is 3.47. The van der Waals surface area contributed by atoms with Crippen LogP contribution in [0, 0.1) is 5.82 Å². The molecule has 7 nitrogen and oxygen atoms in total. The lowest BCUT2D eigenvalue weighted by Gasteiger charge is -2.11. The minimum Gasteiger partial charge on any atom is -0.452 e. The standard InChI is InChI=1S/C17H13FN6O/c18-13-8-11(19)2-3-15(13)25-16-9-12(10-24-14(16)4-7-22-24)23-17-20-5-1-6-21-17/h1-10H,19H2,(H,20,21,23). The van der Waals surface area contributed by atoms with Crippen molar-refractivity contribution in [3.05, 3.63) is 67.0 Å². The molecule has 0 aliphatic heterocycles. The number of aromatic nitrogens is 4. The minimum absolute atomic E-state index is 0.0745. The average Bonchev–Trinajstić information content (AvgIpc) is 3.07. The van der Waals surface area contributed by atoms with Gasteiger partial charge in [-0.05, 0) is 24.3 Å². The Hall–Kier alpha value is -3.68. The Morgan fingerprint density at radius 1 is 1.04 bits per heavy atom. The Morgan fingerprint density at radius 3 is 2.68 bits per heavy atom. The predicted molar refractivity (Wildman–Crippen MR) is 91.4 cm³/mol.